The van der Waals surface area contributed by atoms with Crippen LogP contribution in [0.15, 0.2) is 69.6 Å². The third kappa shape index (κ3) is 4.24. The van der Waals surface area contributed by atoms with Gasteiger partial charge in [0.25, 0.3) is 5.56 Å². The van der Waals surface area contributed by atoms with Gasteiger partial charge in [-0.3, -0.25) is 14.2 Å². The van der Waals surface area contributed by atoms with Crippen molar-refractivity contribution in [3.05, 3.63) is 96.2 Å². The molecule has 1 atom stereocenters. The van der Waals surface area contributed by atoms with Crippen LogP contribution in [-0.4, -0.2) is 30.0 Å². The molecule has 2 heterocycles. The van der Waals surface area contributed by atoms with E-state index in [1.807, 2.05) is 30.3 Å². The number of rotatable bonds is 6. The van der Waals surface area contributed by atoms with Crippen molar-refractivity contribution in [1.82, 2.24) is 4.57 Å². The van der Waals surface area contributed by atoms with Gasteiger partial charge in [-0.1, -0.05) is 47.7 Å². The Morgan fingerprint density at radius 3 is 2.56 bits per heavy atom. The monoisotopic (exact) mass is 476 g/mol. The maximum Gasteiger partial charge on any atom is 0.338 e. The lowest BCUT2D eigenvalue weighted by molar-refractivity contribution is -0.139. The zero-order chi connectivity index (χ0) is 24.4. The van der Waals surface area contributed by atoms with Gasteiger partial charge in [0.15, 0.2) is 10.6 Å². The molecular formula is C26H24N2O5S. The van der Waals surface area contributed by atoms with Gasteiger partial charge in [0.05, 0.1) is 41.1 Å². The highest BCUT2D eigenvalue weighted by Gasteiger charge is 2.33. The van der Waals surface area contributed by atoms with Crippen molar-refractivity contribution in [2.24, 2.45) is 4.99 Å². The zero-order valence-corrected chi connectivity index (χ0v) is 20.1. The Morgan fingerprint density at radius 2 is 1.91 bits per heavy atom. The molecule has 0 radical (unpaired) electrons. The molecule has 0 N–H and O–H groups in total. The molecule has 1 aromatic heterocycles. The molecule has 0 aliphatic carbocycles. The highest BCUT2D eigenvalue weighted by Crippen LogP contribution is 2.30. The number of allylic oxidation sites excluding steroid dienone is 1. The normalized spacial score (nSPS) is 15.5. The maximum atomic E-state index is 13.6. The van der Waals surface area contributed by atoms with Crippen LogP contribution in [0.3, 0.4) is 0 Å². The van der Waals surface area contributed by atoms with E-state index in [-0.39, 0.29) is 17.9 Å². The summed E-state index contributed by atoms with van der Waals surface area (Å²) in [6.45, 7) is 5.19. The third-order valence-corrected chi connectivity index (χ3v) is 6.52. The van der Waals surface area contributed by atoms with Crippen LogP contribution in [-0.2, 0) is 9.53 Å². The lowest BCUT2D eigenvalue weighted by Crippen LogP contribution is -2.39. The van der Waals surface area contributed by atoms with Gasteiger partial charge in [-0.2, -0.15) is 0 Å². The number of carbonyl (C=O) groups excluding carboxylic acids is 2. The van der Waals surface area contributed by atoms with Gasteiger partial charge in [-0.15, -0.1) is 0 Å². The first-order chi connectivity index (χ1) is 16.3. The standard InChI is InChI=1S/C26H24N2O5S/c1-5-33-25(31)22-15(2)27-26-28(23(22)18-9-7-6-8-10-18)24(30)21(34-26)14-17-11-12-19(16(3)29)20(13-17)32-4/h6-14,23H,5H2,1-4H3/b21-14-/t23-/m1/s1. The highest BCUT2D eigenvalue weighted by molar-refractivity contribution is 7.07. The molecule has 4 rings (SSSR count). The number of Topliss-reactive ketones (excluding diaryl/α,β-unsaturated/α-hetero) is 1. The van der Waals surface area contributed by atoms with E-state index in [2.05, 4.69) is 4.99 Å². The number of ether oxygens (including phenoxy) is 2. The molecule has 0 saturated carbocycles. The fourth-order valence-electron chi connectivity index (χ4n) is 3.98. The predicted octanol–water partition coefficient (Wildman–Crippen LogP) is 3.01. The van der Waals surface area contributed by atoms with Crippen molar-refractivity contribution in [3.63, 3.8) is 0 Å². The van der Waals surface area contributed by atoms with Gasteiger partial charge in [-0.25, -0.2) is 9.79 Å². The summed E-state index contributed by atoms with van der Waals surface area (Å²) in [4.78, 5) is 43.3. The SMILES string of the molecule is CCOC(=O)C1=C(C)N=c2s/c(=C\c3ccc(C(C)=O)c(OC)c3)c(=O)n2[C@@H]1c1ccccc1. The number of hydrogen-bond acceptors (Lipinski definition) is 7. The molecule has 174 valence electrons. The van der Waals surface area contributed by atoms with Crippen LogP contribution in [0.4, 0.5) is 0 Å². The van der Waals surface area contributed by atoms with Crippen molar-refractivity contribution >= 4 is 29.2 Å². The van der Waals surface area contributed by atoms with E-state index >= 15 is 0 Å². The molecule has 1 aliphatic rings. The minimum absolute atomic E-state index is 0.104. The fourth-order valence-corrected chi connectivity index (χ4v) is 5.03. The molecule has 2 aromatic carbocycles. The van der Waals surface area contributed by atoms with Crippen molar-refractivity contribution < 1.29 is 19.1 Å². The number of carbonyl (C=O) groups is 2. The van der Waals surface area contributed by atoms with Crippen LogP contribution in [0.1, 0.15) is 48.3 Å². The number of benzene rings is 2. The average molecular weight is 477 g/mol. The largest absolute Gasteiger partial charge is 0.496 e. The van der Waals surface area contributed by atoms with Gasteiger partial charge in [-0.05, 0) is 50.1 Å². The van der Waals surface area contributed by atoms with E-state index < -0.39 is 12.0 Å². The van der Waals surface area contributed by atoms with E-state index in [4.69, 9.17) is 9.47 Å². The van der Waals surface area contributed by atoms with E-state index in [0.717, 1.165) is 5.56 Å². The van der Waals surface area contributed by atoms with E-state index in [0.29, 0.717) is 37.5 Å². The van der Waals surface area contributed by atoms with Crippen molar-refractivity contribution in [2.75, 3.05) is 13.7 Å². The molecule has 0 spiro atoms. The molecule has 1 aliphatic heterocycles. The van der Waals surface area contributed by atoms with E-state index in [9.17, 15) is 14.4 Å². The summed E-state index contributed by atoms with van der Waals surface area (Å²) in [6.07, 6.45) is 1.74. The Kier molecular flexibility index (Phi) is 6.61. The molecule has 3 aromatic rings. The smallest absolute Gasteiger partial charge is 0.338 e. The average Bonchev–Trinajstić information content (AvgIpc) is 3.12. The summed E-state index contributed by atoms with van der Waals surface area (Å²) in [5, 5.41) is 0. The van der Waals surface area contributed by atoms with Gasteiger partial charge in [0.1, 0.15) is 5.75 Å². The molecule has 0 bridgehead atoms. The predicted molar refractivity (Wildman–Crippen MR) is 130 cm³/mol. The molecule has 0 amide bonds. The number of hydrogen-bond donors (Lipinski definition) is 0. The summed E-state index contributed by atoms with van der Waals surface area (Å²) in [7, 11) is 1.50. The van der Waals surface area contributed by atoms with Crippen LogP contribution < -0.4 is 19.6 Å². The van der Waals surface area contributed by atoms with Crippen molar-refractivity contribution in [2.45, 2.75) is 26.8 Å². The molecule has 0 saturated heterocycles. The maximum absolute atomic E-state index is 13.6. The number of methoxy groups -OCH3 is 1. The van der Waals surface area contributed by atoms with Crippen LogP contribution in [0.2, 0.25) is 0 Å². The number of esters is 1. The Morgan fingerprint density at radius 1 is 1.18 bits per heavy atom. The minimum atomic E-state index is -0.645. The molecule has 7 nitrogen and oxygen atoms in total. The third-order valence-electron chi connectivity index (χ3n) is 5.53. The second kappa shape index (κ2) is 9.61. The number of nitrogens with zero attached hydrogens (tertiary/aromatic N) is 2. The lowest BCUT2D eigenvalue weighted by Gasteiger charge is -2.24. The molecular weight excluding hydrogens is 452 g/mol. The van der Waals surface area contributed by atoms with Gasteiger partial charge < -0.3 is 9.47 Å². The first-order valence-electron chi connectivity index (χ1n) is 10.8. The lowest BCUT2D eigenvalue weighted by atomic mass is 9.96. The summed E-state index contributed by atoms with van der Waals surface area (Å²) >= 11 is 1.24. The van der Waals surface area contributed by atoms with E-state index in [1.165, 1.54) is 25.4 Å². The molecule has 0 fully saturated rings. The Bertz CT molecular complexity index is 1480. The fraction of sp³-hybridized carbons (Fsp3) is 0.231. The highest BCUT2D eigenvalue weighted by atomic mass is 32.1. The number of ketones is 1. The Hall–Kier alpha value is -3.78. The summed E-state index contributed by atoms with van der Waals surface area (Å²) in [5.74, 6) is -0.152. The van der Waals surface area contributed by atoms with Gasteiger partial charge in [0, 0.05) is 0 Å². The van der Waals surface area contributed by atoms with Crippen LogP contribution in [0.5, 0.6) is 5.75 Å². The number of fused-ring (bicyclic) bond motifs is 1. The summed E-state index contributed by atoms with van der Waals surface area (Å²) < 4.78 is 12.7. The summed E-state index contributed by atoms with van der Waals surface area (Å²) in [5.41, 5.74) is 2.58. The molecule has 0 unspecified atom stereocenters. The molecule has 34 heavy (non-hydrogen) atoms. The zero-order valence-electron chi connectivity index (χ0n) is 19.3. The minimum Gasteiger partial charge on any atom is -0.496 e. The second-order valence-electron chi connectivity index (χ2n) is 7.73. The van der Waals surface area contributed by atoms with Gasteiger partial charge >= 0.3 is 5.97 Å². The number of aromatic nitrogens is 1. The van der Waals surface area contributed by atoms with Crippen molar-refractivity contribution in [3.8, 4) is 5.75 Å². The van der Waals surface area contributed by atoms with E-state index in [1.54, 1.807) is 42.7 Å². The second-order valence-corrected chi connectivity index (χ2v) is 8.74. The molecule has 8 heteroatoms. The quantitative estimate of drug-likeness (QED) is 0.403. The van der Waals surface area contributed by atoms with Crippen molar-refractivity contribution in [1.29, 1.82) is 0 Å². The summed E-state index contributed by atoms with van der Waals surface area (Å²) in [6, 6.07) is 13.9. The topological polar surface area (TPSA) is 87.0 Å². The number of thiazole rings is 1. The van der Waals surface area contributed by atoms with Crippen LogP contribution in [0.25, 0.3) is 6.08 Å². The first kappa shape index (κ1) is 23.4. The Labute approximate surface area is 200 Å². The van der Waals surface area contributed by atoms with Crippen LogP contribution in [0, 0.1) is 0 Å². The Balaban J connectivity index is 1.92. The van der Waals surface area contributed by atoms with Crippen LogP contribution >= 0.6 is 11.3 Å². The van der Waals surface area contributed by atoms with Gasteiger partial charge in [0.2, 0.25) is 0 Å². The first-order valence-corrected chi connectivity index (χ1v) is 11.6.